The van der Waals surface area contributed by atoms with Crippen molar-refractivity contribution in [3.63, 3.8) is 0 Å². The first-order valence-electron chi connectivity index (χ1n) is 32.2. The highest BCUT2D eigenvalue weighted by atomic mass is 16.6. The van der Waals surface area contributed by atoms with Crippen molar-refractivity contribution in [2.75, 3.05) is 13.2 Å². The number of rotatable bonds is 57. The first-order chi connectivity index (χ1) is 38.5. The molecule has 78 heavy (non-hydrogen) atoms. The summed E-state index contributed by atoms with van der Waals surface area (Å²) < 4.78 is 16.9. The van der Waals surface area contributed by atoms with Crippen LogP contribution in [-0.2, 0) is 28.6 Å². The van der Waals surface area contributed by atoms with Gasteiger partial charge >= 0.3 is 17.9 Å². The Morgan fingerprint density at radius 1 is 0.269 bits per heavy atom. The predicted octanol–water partition coefficient (Wildman–Crippen LogP) is 22.2. The predicted molar refractivity (Wildman–Crippen MR) is 339 cm³/mol. The van der Waals surface area contributed by atoms with E-state index in [0.29, 0.717) is 19.3 Å². The van der Waals surface area contributed by atoms with E-state index in [1.54, 1.807) is 0 Å². The smallest absolute Gasteiger partial charge is 0.306 e. The zero-order valence-electron chi connectivity index (χ0n) is 50.6. The van der Waals surface area contributed by atoms with Gasteiger partial charge in [-0.15, -0.1) is 0 Å². The van der Waals surface area contributed by atoms with E-state index in [1.807, 2.05) is 0 Å². The van der Waals surface area contributed by atoms with Gasteiger partial charge in [0, 0.05) is 19.3 Å². The standard InChI is InChI=1S/C72H118O6/c1-4-7-10-13-16-19-22-25-27-28-29-30-31-32-33-34-35-36-37-38-39-40-41-42-43-44-46-47-50-53-56-59-62-65-71(74)77-68-69(67-76-70(73)64-61-58-55-52-49-24-21-18-15-12-9-6-3)78-72(75)66-63-60-57-54-51-48-45-26-23-20-17-14-11-8-5-2/h7-8,10-11,16-21,25-27,29-30,32-33,35-36,38-39,45,69H,4-6,9,12-15,22-24,28,31,34,37,40-44,46-68H2,1-3H3/b10-7-,11-8-,19-16-,20-17-,21-18-,27-25-,30-29-,33-32-,36-35-,39-38-,45-26-. The average Bonchev–Trinajstić information content (AvgIpc) is 3.44. The maximum Gasteiger partial charge on any atom is 0.306 e. The van der Waals surface area contributed by atoms with Crippen molar-refractivity contribution in [3.8, 4) is 0 Å². The zero-order valence-corrected chi connectivity index (χ0v) is 50.6. The molecule has 1 atom stereocenters. The molecule has 1 unspecified atom stereocenters. The maximum atomic E-state index is 12.9. The number of hydrogen-bond acceptors (Lipinski definition) is 6. The van der Waals surface area contributed by atoms with Crippen LogP contribution in [0.4, 0.5) is 0 Å². The molecule has 0 aliphatic carbocycles. The van der Waals surface area contributed by atoms with Crippen LogP contribution in [0.25, 0.3) is 0 Å². The molecule has 0 rings (SSSR count). The fourth-order valence-corrected chi connectivity index (χ4v) is 8.61. The average molecular weight is 1080 g/mol. The van der Waals surface area contributed by atoms with E-state index in [4.69, 9.17) is 14.2 Å². The van der Waals surface area contributed by atoms with Gasteiger partial charge in [0.25, 0.3) is 0 Å². The third-order valence-electron chi connectivity index (χ3n) is 13.4. The van der Waals surface area contributed by atoms with E-state index in [2.05, 4.69) is 154 Å². The van der Waals surface area contributed by atoms with Crippen molar-refractivity contribution < 1.29 is 28.6 Å². The monoisotopic (exact) mass is 1080 g/mol. The van der Waals surface area contributed by atoms with Crippen LogP contribution < -0.4 is 0 Å². The largest absolute Gasteiger partial charge is 0.462 e. The van der Waals surface area contributed by atoms with Crippen LogP contribution >= 0.6 is 0 Å². The van der Waals surface area contributed by atoms with E-state index in [1.165, 1.54) is 96.3 Å². The summed E-state index contributed by atoms with van der Waals surface area (Å²) in [6.07, 6.45) is 91.8. The first-order valence-corrected chi connectivity index (χ1v) is 32.2. The Morgan fingerprint density at radius 2 is 0.500 bits per heavy atom. The Balaban J connectivity index is 4.23. The molecule has 0 saturated carbocycles. The lowest BCUT2D eigenvalue weighted by Crippen LogP contribution is -2.30. The molecule has 0 aliphatic rings. The number of allylic oxidation sites excluding steroid dienone is 22. The summed E-state index contributed by atoms with van der Waals surface area (Å²) in [5.41, 5.74) is 0. The van der Waals surface area contributed by atoms with Gasteiger partial charge in [0.2, 0.25) is 0 Å². The van der Waals surface area contributed by atoms with Gasteiger partial charge in [0.1, 0.15) is 13.2 Å². The molecule has 0 aliphatic heterocycles. The lowest BCUT2D eigenvalue weighted by Gasteiger charge is -2.18. The highest BCUT2D eigenvalue weighted by Gasteiger charge is 2.19. The van der Waals surface area contributed by atoms with Crippen LogP contribution in [0.5, 0.6) is 0 Å². The highest BCUT2D eigenvalue weighted by molar-refractivity contribution is 5.71. The van der Waals surface area contributed by atoms with Crippen molar-refractivity contribution >= 4 is 17.9 Å². The van der Waals surface area contributed by atoms with Gasteiger partial charge in [0.15, 0.2) is 6.10 Å². The molecule has 0 amide bonds. The van der Waals surface area contributed by atoms with Crippen molar-refractivity contribution in [1.82, 2.24) is 0 Å². The topological polar surface area (TPSA) is 78.9 Å². The summed E-state index contributed by atoms with van der Waals surface area (Å²) >= 11 is 0. The van der Waals surface area contributed by atoms with E-state index in [-0.39, 0.29) is 31.1 Å². The summed E-state index contributed by atoms with van der Waals surface area (Å²) in [4.78, 5) is 38.2. The van der Waals surface area contributed by atoms with Gasteiger partial charge in [0.05, 0.1) is 0 Å². The molecule has 0 saturated heterocycles. The second-order valence-electron chi connectivity index (χ2n) is 20.9. The van der Waals surface area contributed by atoms with E-state index in [0.717, 1.165) is 148 Å². The molecule has 0 bridgehead atoms. The molecule has 0 aromatic heterocycles. The van der Waals surface area contributed by atoms with Gasteiger partial charge in [-0.1, -0.05) is 264 Å². The Kier molecular flexibility index (Phi) is 61.4. The molecular weight excluding hydrogens is 961 g/mol. The van der Waals surface area contributed by atoms with Gasteiger partial charge in [-0.05, 0) is 135 Å². The first kappa shape index (κ1) is 73.5. The Morgan fingerprint density at radius 3 is 0.795 bits per heavy atom. The molecule has 0 N–H and O–H groups in total. The second-order valence-corrected chi connectivity index (χ2v) is 20.9. The zero-order chi connectivity index (χ0) is 56.4. The minimum absolute atomic E-state index is 0.0914. The summed E-state index contributed by atoms with van der Waals surface area (Å²) in [7, 11) is 0. The van der Waals surface area contributed by atoms with Crippen molar-refractivity contribution in [3.05, 3.63) is 134 Å². The van der Waals surface area contributed by atoms with Crippen molar-refractivity contribution in [2.45, 2.75) is 290 Å². The minimum Gasteiger partial charge on any atom is -0.462 e. The quantitative estimate of drug-likeness (QED) is 0.0261. The second kappa shape index (κ2) is 65.1. The highest BCUT2D eigenvalue weighted by Crippen LogP contribution is 2.15. The number of carbonyl (C=O) groups is 3. The number of hydrogen-bond donors (Lipinski definition) is 0. The number of ether oxygens (including phenoxy) is 3. The molecule has 6 heteroatoms. The molecule has 0 fully saturated rings. The number of carbonyl (C=O) groups excluding carboxylic acids is 3. The molecule has 0 spiro atoms. The SMILES string of the molecule is CC/C=C\C/C=C\C/C=C\C/C=C\C/C=C\C/C=C\C/C=C\CCCCCCCCCCCCCC(=O)OCC(COC(=O)CCCCCCC/C=C\CCCCC)OC(=O)CCCCCCC/C=C\C/C=C\C/C=C\CC. The molecule has 0 heterocycles. The van der Waals surface area contributed by atoms with E-state index in [9.17, 15) is 14.4 Å². The Labute approximate surface area is 481 Å². The summed E-state index contributed by atoms with van der Waals surface area (Å²) in [6, 6.07) is 0. The van der Waals surface area contributed by atoms with Gasteiger partial charge in [-0.2, -0.15) is 0 Å². The third-order valence-corrected chi connectivity index (χ3v) is 13.4. The number of esters is 3. The minimum atomic E-state index is -0.795. The number of unbranched alkanes of at least 4 members (excludes halogenated alkanes) is 24. The summed E-state index contributed by atoms with van der Waals surface area (Å²) in [6.45, 7) is 6.37. The molecule has 0 aromatic rings. The molecule has 442 valence electrons. The fourth-order valence-electron chi connectivity index (χ4n) is 8.61. The van der Waals surface area contributed by atoms with E-state index >= 15 is 0 Å². The Bertz CT molecular complexity index is 1670. The van der Waals surface area contributed by atoms with Gasteiger partial charge in [-0.3, -0.25) is 14.4 Å². The van der Waals surface area contributed by atoms with Crippen molar-refractivity contribution in [1.29, 1.82) is 0 Å². The van der Waals surface area contributed by atoms with Crippen LogP contribution in [0.3, 0.4) is 0 Å². The van der Waals surface area contributed by atoms with Crippen LogP contribution in [0, 0.1) is 0 Å². The van der Waals surface area contributed by atoms with Gasteiger partial charge < -0.3 is 14.2 Å². The van der Waals surface area contributed by atoms with Crippen LogP contribution in [0.15, 0.2) is 134 Å². The third kappa shape index (κ3) is 62.4. The summed E-state index contributed by atoms with van der Waals surface area (Å²) in [5, 5.41) is 0. The Hall–Kier alpha value is -4.45. The molecule has 6 nitrogen and oxygen atoms in total. The maximum absolute atomic E-state index is 12.9. The van der Waals surface area contributed by atoms with Gasteiger partial charge in [-0.25, -0.2) is 0 Å². The van der Waals surface area contributed by atoms with Crippen LogP contribution in [0.2, 0.25) is 0 Å². The fraction of sp³-hybridized carbons (Fsp3) is 0.653. The lowest BCUT2D eigenvalue weighted by atomic mass is 10.0. The van der Waals surface area contributed by atoms with E-state index < -0.39 is 6.10 Å². The van der Waals surface area contributed by atoms with Crippen LogP contribution in [0.1, 0.15) is 284 Å². The summed E-state index contributed by atoms with van der Waals surface area (Å²) in [5.74, 6) is -0.919. The molecule has 0 radical (unpaired) electrons. The molecule has 0 aromatic carbocycles. The van der Waals surface area contributed by atoms with Crippen LogP contribution in [-0.4, -0.2) is 37.2 Å². The lowest BCUT2D eigenvalue weighted by molar-refractivity contribution is -0.167. The van der Waals surface area contributed by atoms with Crippen molar-refractivity contribution in [2.24, 2.45) is 0 Å². The molecular formula is C72H118O6. The normalized spacial score (nSPS) is 13.0.